The zero-order valence-corrected chi connectivity index (χ0v) is 22.6. The van der Waals surface area contributed by atoms with E-state index in [1.54, 1.807) is 0 Å². The van der Waals surface area contributed by atoms with Crippen LogP contribution in [-0.4, -0.2) is 9.97 Å². The predicted octanol–water partition coefficient (Wildman–Crippen LogP) is 10.1. The summed E-state index contributed by atoms with van der Waals surface area (Å²) in [5, 5.41) is 2.20. The minimum atomic E-state index is 0.937. The third-order valence-corrected chi connectivity index (χ3v) is 7.79. The maximum Gasteiger partial charge on any atom is 0.0972 e. The van der Waals surface area contributed by atoms with E-state index in [-0.39, 0.29) is 0 Å². The lowest BCUT2D eigenvalue weighted by Crippen LogP contribution is -1.94. The Morgan fingerprint density at radius 2 is 1.20 bits per heavy atom. The Bertz CT molecular complexity index is 2020. The van der Waals surface area contributed by atoms with Crippen LogP contribution in [-0.2, 0) is 0 Å². The summed E-state index contributed by atoms with van der Waals surface area (Å²) in [7, 11) is 0. The van der Waals surface area contributed by atoms with Crippen LogP contribution in [0.5, 0.6) is 0 Å². The van der Waals surface area contributed by atoms with Crippen LogP contribution >= 0.6 is 0 Å². The molecule has 0 saturated carbocycles. The Kier molecular flexibility index (Phi) is 5.94. The van der Waals surface area contributed by atoms with E-state index in [9.17, 15) is 0 Å². The summed E-state index contributed by atoms with van der Waals surface area (Å²) in [6.45, 7) is 4.40. The molecular weight excluding hydrogens is 484 g/mol. The minimum absolute atomic E-state index is 0.937. The second-order valence-corrected chi connectivity index (χ2v) is 10.4. The summed E-state index contributed by atoms with van der Waals surface area (Å²) in [6, 6.07) is 45.3. The highest BCUT2D eigenvalue weighted by Crippen LogP contribution is 2.39. The molecule has 0 amide bonds. The zero-order valence-electron chi connectivity index (χ0n) is 22.6. The van der Waals surface area contributed by atoms with Crippen LogP contribution in [0.4, 0.5) is 0 Å². The molecule has 2 nitrogen and oxygen atoms in total. The Hall–Kier alpha value is -5.08. The van der Waals surface area contributed by atoms with Crippen molar-refractivity contribution in [3.05, 3.63) is 145 Å². The van der Waals surface area contributed by atoms with Crippen molar-refractivity contribution in [1.29, 1.82) is 0 Å². The number of fused-ring (bicyclic) bond motifs is 3. The van der Waals surface area contributed by atoms with Gasteiger partial charge in [-0.1, -0.05) is 103 Å². The van der Waals surface area contributed by atoms with Gasteiger partial charge >= 0.3 is 0 Å². The van der Waals surface area contributed by atoms with Gasteiger partial charge in [-0.2, -0.15) is 0 Å². The van der Waals surface area contributed by atoms with Gasteiger partial charge in [-0.3, -0.25) is 4.98 Å². The average Bonchev–Trinajstić information content (AvgIpc) is 3.01. The van der Waals surface area contributed by atoms with Gasteiger partial charge in [-0.05, 0) is 82.6 Å². The van der Waals surface area contributed by atoms with E-state index in [1.807, 2.05) is 12.3 Å². The maximum atomic E-state index is 5.12. The molecule has 0 saturated heterocycles. The normalized spacial score (nSPS) is 11.2. The molecule has 0 fully saturated rings. The van der Waals surface area contributed by atoms with Gasteiger partial charge < -0.3 is 0 Å². The van der Waals surface area contributed by atoms with Crippen LogP contribution in [0.15, 0.2) is 134 Å². The Balaban J connectivity index is 1.38. The van der Waals surface area contributed by atoms with E-state index in [1.165, 1.54) is 44.5 Å². The first-order chi connectivity index (χ1) is 19.7. The first-order valence-corrected chi connectivity index (χ1v) is 13.7. The van der Waals surface area contributed by atoms with Crippen LogP contribution in [0.25, 0.3) is 66.4 Å². The Labute approximate surface area is 234 Å². The molecule has 7 aromatic rings. The van der Waals surface area contributed by atoms with Gasteiger partial charge in [0, 0.05) is 22.5 Å². The second kappa shape index (κ2) is 9.91. The molecule has 0 atom stereocenters. The van der Waals surface area contributed by atoms with Crippen molar-refractivity contribution in [3.8, 4) is 44.6 Å². The average molecular weight is 513 g/mol. The first-order valence-electron chi connectivity index (χ1n) is 13.7. The molecule has 0 N–H and O–H groups in total. The SMILES string of the molecule is Cc1ccc(-c2ccc3ccc4cccnc4c3n2)cc1-c1c(C)cccc1-c1cccc(-c2ccccc2)c1. The summed E-state index contributed by atoms with van der Waals surface area (Å²) >= 11 is 0. The minimum Gasteiger partial charge on any atom is -0.254 e. The largest absolute Gasteiger partial charge is 0.254 e. The van der Waals surface area contributed by atoms with Crippen LogP contribution in [0.3, 0.4) is 0 Å². The Morgan fingerprint density at radius 3 is 2.08 bits per heavy atom. The number of hydrogen-bond donors (Lipinski definition) is 0. The van der Waals surface area contributed by atoms with Crippen molar-refractivity contribution in [2.75, 3.05) is 0 Å². The van der Waals surface area contributed by atoms with Gasteiger partial charge in [0.1, 0.15) is 0 Å². The summed E-state index contributed by atoms with van der Waals surface area (Å²) in [4.78, 5) is 9.77. The lowest BCUT2D eigenvalue weighted by Gasteiger charge is -2.17. The molecule has 0 radical (unpaired) electrons. The van der Waals surface area contributed by atoms with Crippen LogP contribution in [0.2, 0.25) is 0 Å². The number of aryl methyl sites for hydroxylation is 2. The highest BCUT2D eigenvalue weighted by molar-refractivity contribution is 6.03. The van der Waals surface area contributed by atoms with Crippen LogP contribution in [0.1, 0.15) is 11.1 Å². The van der Waals surface area contributed by atoms with Crippen molar-refractivity contribution in [3.63, 3.8) is 0 Å². The molecule has 5 aromatic carbocycles. The molecule has 7 rings (SSSR count). The molecule has 0 aliphatic heterocycles. The lowest BCUT2D eigenvalue weighted by atomic mass is 9.87. The summed E-state index contributed by atoms with van der Waals surface area (Å²) in [6.07, 6.45) is 1.84. The van der Waals surface area contributed by atoms with E-state index in [0.29, 0.717) is 0 Å². The van der Waals surface area contributed by atoms with E-state index >= 15 is 0 Å². The van der Waals surface area contributed by atoms with Crippen LogP contribution < -0.4 is 0 Å². The predicted molar refractivity (Wildman–Crippen MR) is 168 cm³/mol. The van der Waals surface area contributed by atoms with E-state index in [4.69, 9.17) is 4.98 Å². The molecule has 0 spiro atoms. The van der Waals surface area contributed by atoms with Gasteiger partial charge in [-0.15, -0.1) is 0 Å². The van der Waals surface area contributed by atoms with Crippen molar-refractivity contribution in [1.82, 2.24) is 9.97 Å². The van der Waals surface area contributed by atoms with Gasteiger partial charge in [0.25, 0.3) is 0 Å². The van der Waals surface area contributed by atoms with Gasteiger partial charge in [0.2, 0.25) is 0 Å². The monoisotopic (exact) mass is 512 g/mol. The van der Waals surface area contributed by atoms with Crippen molar-refractivity contribution >= 4 is 21.8 Å². The fraction of sp³-hybridized carbons (Fsp3) is 0.0526. The molecule has 2 heterocycles. The maximum absolute atomic E-state index is 5.12. The molecule has 190 valence electrons. The van der Waals surface area contributed by atoms with Gasteiger partial charge in [0.05, 0.1) is 16.7 Å². The third-order valence-electron chi connectivity index (χ3n) is 7.79. The highest BCUT2D eigenvalue weighted by atomic mass is 14.7. The highest BCUT2D eigenvalue weighted by Gasteiger charge is 2.15. The lowest BCUT2D eigenvalue weighted by molar-refractivity contribution is 1.36. The number of benzene rings is 5. The van der Waals surface area contributed by atoms with Crippen molar-refractivity contribution < 1.29 is 0 Å². The first kappa shape index (κ1) is 24.0. The molecule has 0 unspecified atom stereocenters. The molecule has 40 heavy (non-hydrogen) atoms. The topological polar surface area (TPSA) is 25.8 Å². The van der Waals surface area contributed by atoms with Gasteiger partial charge in [-0.25, -0.2) is 4.98 Å². The van der Waals surface area contributed by atoms with E-state index < -0.39 is 0 Å². The standard InChI is InChI=1S/C38H28N2/c1-25-16-17-32(35-21-20-29-19-18-28-14-8-22-39-37(28)38(29)40-35)24-34(25)36-26(2)9-6-15-33(36)31-13-7-12-30(23-31)27-10-4-3-5-11-27/h3-24H,1-2H3. The smallest absolute Gasteiger partial charge is 0.0972 e. The van der Waals surface area contributed by atoms with E-state index in [2.05, 4.69) is 140 Å². The Morgan fingerprint density at radius 1 is 0.450 bits per heavy atom. The molecule has 2 heteroatoms. The van der Waals surface area contributed by atoms with Crippen molar-refractivity contribution in [2.45, 2.75) is 13.8 Å². The van der Waals surface area contributed by atoms with Crippen molar-refractivity contribution in [2.24, 2.45) is 0 Å². The number of hydrogen-bond acceptors (Lipinski definition) is 2. The fourth-order valence-corrected chi connectivity index (χ4v) is 5.70. The van der Waals surface area contributed by atoms with Crippen LogP contribution in [0, 0.1) is 13.8 Å². The quantitative estimate of drug-likeness (QED) is 0.219. The molecule has 0 aliphatic rings. The second-order valence-electron chi connectivity index (χ2n) is 10.4. The van der Waals surface area contributed by atoms with Gasteiger partial charge in [0.15, 0.2) is 0 Å². The zero-order chi connectivity index (χ0) is 27.1. The molecule has 2 aromatic heterocycles. The van der Waals surface area contributed by atoms with E-state index in [0.717, 1.165) is 33.1 Å². The third kappa shape index (κ3) is 4.24. The molecule has 0 aliphatic carbocycles. The fourth-order valence-electron chi connectivity index (χ4n) is 5.70. The summed E-state index contributed by atoms with van der Waals surface area (Å²) in [5.41, 5.74) is 13.8. The molecule has 0 bridgehead atoms. The number of nitrogens with zero attached hydrogens (tertiary/aromatic N) is 2. The molecular formula is C38H28N2. The summed E-state index contributed by atoms with van der Waals surface area (Å²) in [5.74, 6) is 0. The summed E-state index contributed by atoms with van der Waals surface area (Å²) < 4.78 is 0. The number of pyridine rings is 2. The number of aromatic nitrogens is 2. The number of rotatable bonds is 4.